The van der Waals surface area contributed by atoms with Crippen LogP contribution in [0.3, 0.4) is 0 Å². The van der Waals surface area contributed by atoms with Crippen molar-refractivity contribution < 1.29 is 14.3 Å². The van der Waals surface area contributed by atoms with Crippen LogP contribution in [0.4, 0.5) is 10.2 Å². The van der Waals surface area contributed by atoms with Gasteiger partial charge < -0.3 is 20.3 Å². The first-order chi connectivity index (χ1) is 14.3. The fraction of sp³-hybridized carbons (Fsp3) is 0.476. The Morgan fingerprint density at radius 3 is 2.67 bits per heavy atom. The molecule has 1 saturated carbocycles. The Labute approximate surface area is 176 Å². The van der Waals surface area contributed by atoms with Gasteiger partial charge in [0.1, 0.15) is 22.6 Å². The standard InChI is InChI=1S/C21H22ClFN4O3/c1-9-2-3-15(24)12-7-26(6-11(9)12)20-17(22)18-10(5-25-20)19(28)13(21(29)30)8-27(18)16-4-14(16)23/h2-3,5,8-9,11-12,14-16H,4,6-7,24H2,1H3,(H,29,30)/t9-,11-,12-,14?,15+,16?/m0/s1. The molecule has 6 atom stereocenters. The number of anilines is 1. The zero-order valence-corrected chi connectivity index (χ0v) is 17.1. The first-order valence-electron chi connectivity index (χ1n) is 10.1. The molecule has 0 bridgehead atoms. The molecule has 2 unspecified atom stereocenters. The molecule has 0 amide bonds. The van der Waals surface area contributed by atoms with Crippen LogP contribution in [0.1, 0.15) is 29.7 Å². The van der Waals surface area contributed by atoms with Crippen molar-refractivity contribution in [3.8, 4) is 0 Å². The van der Waals surface area contributed by atoms with Gasteiger partial charge in [-0.3, -0.25) is 4.79 Å². The quantitative estimate of drug-likeness (QED) is 0.723. The molecule has 9 heteroatoms. The number of alkyl halides is 1. The van der Waals surface area contributed by atoms with Gasteiger partial charge in [-0.15, -0.1) is 0 Å². The first-order valence-corrected chi connectivity index (χ1v) is 10.4. The Kier molecular flexibility index (Phi) is 4.41. The minimum atomic E-state index is -1.36. The molecule has 0 spiro atoms. The molecule has 0 aromatic carbocycles. The monoisotopic (exact) mass is 432 g/mol. The van der Waals surface area contributed by atoms with Gasteiger partial charge in [0, 0.05) is 43.9 Å². The second-order valence-corrected chi connectivity index (χ2v) is 8.99. The van der Waals surface area contributed by atoms with Crippen molar-refractivity contribution in [2.45, 2.75) is 31.6 Å². The molecule has 3 heterocycles. The number of carboxylic acids is 1. The van der Waals surface area contributed by atoms with E-state index < -0.39 is 29.2 Å². The fourth-order valence-corrected chi connectivity index (χ4v) is 5.32. The van der Waals surface area contributed by atoms with E-state index >= 15 is 0 Å². The molecule has 5 rings (SSSR count). The van der Waals surface area contributed by atoms with Crippen LogP contribution >= 0.6 is 11.6 Å². The number of halogens is 2. The van der Waals surface area contributed by atoms with Crippen LogP contribution in [-0.4, -0.2) is 45.9 Å². The lowest BCUT2D eigenvalue weighted by atomic mass is 9.77. The maximum absolute atomic E-state index is 13.9. The van der Waals surface area contributed by atoms with Crippen molar-refractivity contribution >= 4 is 34.3 Å². The topological polar surface area (TPSA) is 101 Å². The minimum Gasteiger partial charge on any atom is -0.477 e. The smallest absolute Gasteiger partial charge is 0.341 e. The van der Waals surface area contributed by atoms with Gasteiger partial charge in [0.2, 0.25) is 5.43 Å². The summed E-state index contributed by atoms with van der Waals surface area (Å²) in [4.78, 5) is 30.7. The summed E-state index contributed by atoms with van der Waals surface area (Å²) in [5.74, 6) is 0.188. The number of nitrogens with zero attached hydrogens (tertiary/aromatic N) is 3. The first kappa shape index (κ1) is 19.5. The molecule has 1 aliphatic heterocycles. The summed E-state index contributed by atoms with van der Waals surface area (Å²) in [5.41, 5.74) is 5.56. The molecule has 30 heavy (non-hydrogen) atoms. The maximum atomic E-state index is 13.9. The van der Waals surface area contributed by atoms with Crippen LogP contribution in [0.25, 0.3) is 10.9 Å². The second kappa shape index (κ2) is 6.78. The van der Waals surface area contributed by atoms with Crippen LogP contribution in [-0.2, 0) is 0 Å². The Balaban J connectivity index is 1.64. The number of aromatic carboxylic acids is 1. The molecular weight excluding hydrogens is 411 g/mol. The van der Waals surface area contributed by atoms with E-state index in [4.69, 9.17) is 17.3 Å². The lowest BCUT2D eigenvalue weighted by molar-refractivity contribution is 0.0694. The van der Waals surface area contributed by atoms with Crippen LogP contribution in [0.15, 0.2) is 29.3 Å². The fourth-order valence-electron chi connectivity index (χ4n) is 4.95. The summed E-state index contributed by atoms with van der Waals surface area (Å²) >= 11 is 6.74. The number of hydrogen-bond acceptors (Lipinski definition) is 5. The normalized spacial score (nSPS) is 32.5. The zero-order valence-electron chi connectivity index (χ0n) is 16.3. The Morgan fingerprint density at radius 2 is 2.03 bits per heavy atom. The number of hydrogen-bond donors (Lipinski definition) is 2. The van der Waals surface area contributed by atoms with Crippen LogP contribution in [0.5, 0.6) is 0 Å². The van der Waals surface area contributed by atoms with E-state index in [2.05, 4.69) is 22.9 Å². The highest BCUT2D eigenvalue weighted by atomic mass is 35.5. The maximum Gasteiger partial charge on any atom is 0.341 e. The van der Waals surface area contributed by atoms with Crippen LogP contribution in [0, 0.1) is 17.8 Å². The van der Waals surface area contributed by atoms with Gasteiger partial charge in [-0.25, -0.2) is 14.2 Å². The van der Waals surface area contributed by atoms with Crippen molar-refractivity contribution in [1.29, 1.82) is 0 Å². The number of nitrogens with two attached hydrogens (primary N) is 1. The molecule has 2 aromatic rings. The Hall–Kier alpha value is -2.45. The van der Waals surface area contributed by atoms with E-state index in [1.165, 1.54) is 17.0 Å². The van der Waals surface area contributed by atoms with Gasteiger partial charge in [-0.05, 0) is 11.8 Å². The number of carboxylic acid groups (broad SMARTS) is 1. The molecular formula is C21H22ClFN4O3. The summed E-state index contributed by atoms with van der Waals surface area (Å²) < 4.78 is 15.4. The third-order valence-electron chi connectivity index (χ3n) is 6.78. The number of fused-ring (bicyclic) bond motifs is 2. The average Bonchev–Trinajstić information content (AvgIpc) is 3.24. The lowest BCUT2D eigenvalue weighted by Crippen LogP contribution is -2.38. The Bertz CT molecular complexity index is 1130. The molecule has 3 aliphatic rings. The molecule has 1 saturated heterocycles. The second-order valence-electron chi connectivity index (χ2n) is 8.62. The zero-order chi connectivity index (χ0) is 21.3. The van der Waals surface area contributed by atoms with E-state index in [-0.39, 0.29) is 28.8 Å². The highest BCUT2D eigenvalue weighted by molar-refractivity contribution is 6.37. The van der Waals surface area contributed by atoms with Gasteiger partial charge in [0.15, 0.2) is 0 Å². The Morgan fingerprint density at radius 1 is 1.33 bits per heavy atom. The minimum absolute atomic E-state index is 0.0366. The summed E-state index contributed by atoms with van der Waals surface area (Å²) in [6.45, 7) is 3.58. The van der Waals surface area contributed by atoms with Gasteiger partial charge in [-0.1, -0.05) is 30.7 Å². The molecule has 2 aliphatic carbocycles. The van der Waals surface area contributed by atoms with E-state index in [1.807, 2.05) is 6.08 Å². The highest BCUT2D eigenvalue weighted by Crippen LogP contribution is 2.44. The predicted octanol–water partition coefficient (Wildman–Crippen LogP) is 2.62. The molecule has 0 radical (unpaired) electrons. The highest BCUT2D eigenvalue weighted by Gasteiger charge is 2.43. The third-order valence-corrected chi connectivity index (χ3v) is 7.13. The average molecular weight is 433 g/mol. The van der Waals surface area contributed by atoms with Gasteiger partial charge in [0.05, 0.1) is 16.9 Å². The van der Waals surface area contributed by atoms with Gasteiger partial charge >= 0.3 is 5.97 Å². The number of pyridine rings is 2. The summed E-state index contributed by atoms with van der Waals surface area (Å²) in [6.07, 6.45) is 5.93. The van der Waals surface area contributed by atoms with Crippen LogP contribution in [0.2, 0.25) is 5.02 Å². The SMILES string of the molecule is C[C@H]1C=C[C@@H](N)[C@H]2CN(c3ncc4c(=O)c(C(=O)O)cn(C5CC5F)c4c3Cl)C[C@H]21. The molecule has 158 valence electrons. The number of aromatic nitrogens is 2. The van der Waals surface area contributed by atoms with Crippen molar-refractivity contribution in [2.75, 3.05) is 18.0 Å². The van der Waals surface area contributed by atoms with Gasteiger partial charge in [0.25, 0.3) is 0 Å². The molecule has 2 fully saturated rings. The summed E-state index contributed by atoms with van der Waals surface area (Å²) in [6, 6.07) is -0.566. The van der Waals surface area contributed by atoms with Crippen molar-refractivity contribution in [3.05, 3.63) is 45.4 Å². The summed E-state index contributed by atoms with van der Waals surface area (Å²) in [7, 11) is 0. The molecule has 3 N–H and O–H groups in total. The molecule has 2 aromatic heterocycles. The van der Waals surface area contributed by atoms with Crippen molar-refractivity contribution in [3.63, 3.8) is 0 Å². The van der Waals surface area contributed by atoms with Gasteiger partial charge in [-0.2, -0.15) is 0 Å². The van der Waals surface area contributed by atoms with Crippen molar-refractivity contribution in [2.24, 2.45) is 23.5 Å². The number of carbonyl (C=O) groups is 1. The predicted molar refractivity (Wildman–Crippen MR) is 112 cm³/mol. The van der Waals surface area contributed by atoms with E-state index in [9.17, 15) is 19.1 Å². The van der Waals surface area contributed by atoms with E-state index in [0.29, 0.717) is 29.7 Å². The van der Waals surface area contributed by atoms with Crippen LogP contribution < -0.4 is 16.1 Å². The number of allylic oxidation sites excluding steroid dienone is 1. The lowest BCUT2D eigenvalue weighted by Gasteiger charge is -2.30. The third kappa shape index (κ3) is 2.85. The largest absolute Gasteiger partial charge is 0.477 e. The molecule has 7 nitrogen and oxygen atoms in total. The van der Waals surface area contributed by atoms with E-state index in [1.54, 1.807) is 0 Å². The van der Waals surface area contributed by atoms with E-state index in [0.717, 1.165) is 6.54 Å². The van der Waals surface area contributed by atoms with Crippen molar-refractivity contribution in [1.82, 2.24) is 9.55 Å². The number of rotatable bonds is 3. The summed E-state index contributed by atoms with van der Waals surface area (Å²) in [5, 5.41) is 9.73.